The highest BCUT2D eigenvalue weighted by molar-refractivity contribution is 6.30. The first-order chi connectivity index (χ1) is 9.65. The fourth-order valence-corrected chi connectivity index (χ4v) is 2.90. The number of carboxylic acids is 1. The topological polar surface area (TPSA) is 55.1 Å². The quantitative estimate of drug-likeness (QED) is 0.933. The van der Waals surface area contributed by atoms with Gasteiger partial charge in [-0.05, 0) is 37.1 Å². The first kappa shape index (κ1) is 13.2. The molecule has 1 fully saturated rings. The predicted molar refractivity (Wildman–Crippen MR) is 76.7 cm³/mol. The van der Waals surface area contributed by atoms with Crippen LogP contribution < -0.4 is 0 Å². The van der Waals surface area contributed by atoms with Gasteiger partial charge < -0.3 is 5.11 Å². The summed E-state index contributed by atoms with van der Waals surface area (Å²) in [6.07, 6.45) is 5.95. The molecule has 1 saturated carbocycles. The van der Waals surface area contributed by atoms with E-state index >= 15 is 0 Å². The lowest BCUT2D eigenvalue weighted by Crippen LogP contribution is -2.03. The van der Waals surface area contributed by atoms with Gasteiger partial charge in [-0.3, -0.25) is 0 Å². The summed E-state index contributed by atoms with van der Waals surface area (Å²) in [6, 6.07) is 7.21. The van der Waals surface area contributed by atoms with Crippen LogP contribution in [0.25, 0.3) is 5.69 Å². The molecular weight excluding hydrogens is 276 g/mol. The molecule has 0 spiro atoms. The van der Waals surface area contributed by atoms with Gasteiger partial charge in [0, 0.05) is 17.1 Å². The summed E-state index contributed by atoms with van der Waals surface area (Å²) in [5.41, 5.74) is 1.85. The SMILES string of the molecule is O=C(O)c1cn(-c2ccc(Cl)cc2)nc1C1CCCC1. The highest BCUT2D eigenvalue weighted by atomic mass is 35.5. The predicted octanol–water partition coefficient (Wildman–Crippen LogP) is 3.88. The Labute approximate surface area is 122 Å². The Hall–Kier alpha value is -1.81. The smallest absolute Gasteiger partial charge is 0.339 e. The number of hydrogen-bond acceptors (Lipinski definition) is 2. The van der Waals surface area contributed by atoms with Gasteiger partial charge in [-0.25, -0.2) is 9.48 Å². The molecule has 0 aliphatic heterocycles. The van der Waals surface area contributed by atoms with Gasteiger partial charge in [-0.15, -0.1) is 0 Å². The molecule has 0 amide bonds. The highest BCUT2D eigenvalue weighted by Gasteiger charge is 2.26. The summed E-state index contributed by atoms with van der Waals surface area (Å²) in [7, 11) is 0. The Morgan fingerprint density at radius 1 is 1.25 bits per heavy atom. The Bertz CT molecular complexity index is 628. The van der Waals surface area contributed by atoms with Crippen molar-refractivity contribution in [3.05, 3.63) is 46.7 Å². The lowest BCUT2D eigenvalue weighted by molar-refractivity contribution is 0.0695. The molecule has 20 heavy (non-hydrogen) atoms. The third kappa shape index (κ3) is 2.43. The van der Waals surface area contributed by atoms with Crippen LogP contribution in [-0.4, -0.2) is 20.9 Å². The van der Waals surface area contributed by atoms with Crippen LogP contribution in [0.2, 0.25) is 5.02 Å². The van der Waals surface area contributed by atoms with Crippen molar-refractivity contribution in [1.29, 1.82) is 0 Å². The van der Waals surface area contributed by atoms with Crippen molar-refractivity contribution in [3.63, 3.8) is 0 Å². The molecule has 0 unspecified atom stereocenters. The summed E-state index contributed by atoms with van der Waals surface area (Å²) in [5.74, 6) is -0.637. The molecule has 1 heterocycles. The van der Waals surface area contributed by atoms with Crippen molar-refractivity contribution in [2.75, 3.05) is 0 Å². The molecule has 3 rings (SSSR count). The zero-order chi connectivity index (χ0) is 14.1. The zero-order valence-corrected chi connectivity index (χ0v) is 11.7. The van der Waals surface area contributed by atoms with Crippen molar-refractivity contribution in [2.24, 2.45) is 0 Å². The van der Waals surface area contributed by atoms with E-state index in [2.05, 4.69) is 5.10 Å². The second-order valence-electron chi connectivity index (χ2n) is 5.14. The molecule has 1 aliphatic rings. The summed E-state index contributed by atoms with van der Waals surface area (Å²) < 4.78 is 1.63. The number of halogens is 1. The van der Waals surface area contributed by atoms with Gasteiger partial charge in [-0.2, -0.15) is 5.10 Å². The Morgan fingerprint density at radius 3 is 2.50 bits per heavy atom. The minimum atomic E-state index is -0.910. The molecule has 1 aliphatic carbocycles. The van der Waals surface area contributed by atoms with Crippen molar-refractivity contribution in [2.45, 2.75) is 31.6 Å². The van der Waals surface area contributed by atoms with Gasteiger partial charge in [0.1, 0.15) is 5.56 Å². The van der Waals surface area contributed by atoms with Gasteiger partial charge in [0.05, 0.1) is 11.4 Å². The molecule has 1 aromatic carbocycles. The van der Waals surface area contributed by atoms with E-state index in [0.717, 1.165) is 31.4 Å². The van der Waals surface area contributed by atoms with Crippen molar-refractivity contribution in [1.82, 2.24) is 9.78 Å². The maximum atomic E-state index is 11.4. The third-order valence-electron chi connectivity index (χ3n) is 3.81. The highest BCUT2D eigenvalue weighted by Crippen LogP contribution is 2.35. The molecule has 1 aromatic heterocycles. The van der Waals surface area contributed by atoms with Crippen LogP contribution in [0.15, 0.2) is 30.5 Å². The number of benzene rings is 1. The number of carbonyl (C=O) groups is 1. The Balaban J connectivity index is 2.02. The standard InChI is InChI=1S/C15H15ClN2O2/c16-11-5-7-12(8-6-11)18-9-13(15(19)20)14(17-18)10-3-1-2-4-10/h5-10H,1-4H2,(H,19,20). The largest absolute Gasteiger partial charge is 0.478 e. The number of aromatic nitrogens is 2. The van der Waals surface area contributed by atoms with Gasteiger partial charge in [0.15, 0.2) is 0 Å². The average Bonchev–Trinajstić information content (AvgIpc) is 3.08. The van der Waals surface area contributed by atoms with Crippen LogP contribution in [0.3, 0.4) is 0 Å². The van der Waals surface area contributed by atoms with Gasteiger partial charge >= 0.3 is 5.97 Å². The molecule has 1 N–H and O–H groups in total. The average molecular weight is 291 g/mol. The number of nitrogens with zero attached hydrogens (tertiary/aromatic N) is 2. The van der Waals surface area contributed by atoms with Gasteiger partial charge in [0.2, 0.25) is 0 Å². The molecule has 0 radical (unpaired) electrons. The van der Waals surface area contributed by atoms with E-state index < -0.39 is 5.97 Å². The van der Waals surface area contributed by atoms with Crippen LogP contribution >= 0.6 is 11.6 Å². The number of aromatic carboxylic acids is 1. The first-order valence-corrected chi connectivity index (χ1v) is 7.12. The van der Waals surface area contributed by atoms with E-state index in [1.807, 2.05) is 12.1 Å². The molecule has 0 atom stereocenters. The van der Waals surface area contributed by atoms with E-state index in [1.54, 1.807) is 23.0 Å². The molecule has 0 bridgehead atoms. The molecule has 5 heteroatoms. The van der Waals surface area contributed by atoms with E-state index in [-0.39, 0.29) is 5.92 Å². The van der Waals surface area contributed by atoms with E-state index in [9.17, 15) is 9.90 Å². The fraction of sp³-hybridized carbons (Fsp3) is 0.333. The molecule has 104 valence electrons. The summed E-state index contributed by atoms with van der Waals surface area (Å²) in [6.45, 7) is 0. The normalized spacial score (nSPS) is 15.7. The van der Waals surface area contributed by atoms with Crippen LogP contribution in [0.4, 0.5) is 0 Å². The number of hydrogen-bond donors (Lipinski definition) is 1. The van der Waals surface area contributed by atoms with Gasteiger partial charge in [0.25, 0.3) is 0 Å². The summed E-state index contributed by atoms with van der Waals surface area (Å²) in [5, 5.41) is 14.5. The Morgan fingerprint density at radius 2 is 1.90 bits per heavy atom. The second kappa shape index (κ2) is 5.29. The second-order valence-corrected chi connectivity index (χ2v) is 5.57. The summed E-state index contributed by atoms with van der Waals surface area (Å²) in [4.78, 5) is 11.4. The van der Waals surface area contributed by atoms with Crippen LogP contribution in [-0.2, 0) is 0 Å². The van der Waals surface area contributed by atoms with E-state index in [0.29, 0.717) is 16.3 Å². The maximum absolute atomic E-state index is 11.4. The minimum Gasteiger partial charge on any atom is -0.478 e. The zero-order valence-electron chi connectivity index (χ0n) is 10.9. The molecule has 0 saturated heterocycles. The molecule has 2 aromatic rings. The molecule has 4 nitrogen and oxygen atoms in total. The van der Waals surface area contributed by atoms with Crippen LogP contribution in [0.5, 0.6) is 0 Å². The van der Waals surface area contributed by atoms with Crippen LogP contribution in [0.1, 0.15) is 47.7 Å². The monoisotopic (exact) mass is 290 g/mol. The number of carboxylic acid groups (broad SMARTS) is 1. The lowest BCUT2D eigenvalue weighted by atomic mass is 10.0. The first-order valence-electron chi connectivity index (χ1n) is 6.74. The molecular formula is C15H15ClN2O2. The van der Waals surface area contributed by atoms with Crippen molar-refractivity contribution in [3.8, 4) is 5.69 Å². The maximum Gasteiger partial charge on any atom is 0.339 e. The van der Waals surface area contributed by atoms with Crippen molar-refractivity contribution < 1.29 is 9.90 Å². The minimum absolute atomic E-state index is 0.273. The fourth-order valence-electron chi connectivity index (χ4n) is 2.78. The van der Waals surface area contributed by atoms with Crippen molar-refractivity contribution >= 4 is 17.6 Å². The number of rotatable bonds is 3. The van der Waals surface area contributed by atoms with Gasteiger partial charge in [-0.1, -0.05) is 24.4 Å². The van der Waals surface area contributed by atoms with E-state index in [1.165, 1.54) is 0 Å². The Kier molecular flexibility index (Phi) is 3.49. The van der Waals surface area contributed by atoms with E-state index in [4.69, 9.17) is 11.6 Å². The lowest BCUT2D eigenvalue weighted by Gasteiger charge is -2.06. The van der Waals surface area contributed by atoms with Crippen LogP contribution in [0, 0.1) is 0 Å². The third-order valence-corrected chi connectivity index (χ3v) is 4.06. The summed E-state index contributed by atoms with van der Waals surface area (Å²) >= 11 is 5.87.